The molecule has 0 radical (unpaired) electrons. The van der Waals surface area contributed by atoms with Crippen molar-refractivity contribution in [1.82, 2.24) is 4.90 Å². The van der Waals surface area contributed by atoms with E-state index in [2.05, 4.69) is 0 Å². The number of rotatable bonds is 7. The molecule has 0 atom stereocenters. The lowest BCUT2D eigenvalue weighted by molar-refractivity contribution is -0.138. The van der Waals surface area contributed by atoms with Crippen molar-refractivity contribution < 1.29 is 19.4 Å². The van der Waals surface area contributed by atoms with E-state index in [4.69, 9.17) is 9.84 Å². The maximum atomic E-state index is 11.9. The highest BCUT2D eigenvalue weighted by atomic mass is 16.5. The van der Waals surface area contributed by atoms with Gasteiger partial charge in [-0.3, -0.25) is 9.59 Å². The second kappa shape index (κ2) is 7.41. The largest absolute Gasteiger partial charge is 0.497 e. The van der Waals surface area contributed by atoms with Crippen LogP contribution in [0.3, 0.4) is 0 Å². The number of hydrogen-bond donors (Lipinski definition) is 1. The van der Waals surface area contributed by atoms with Crippen LogP contribution in [0.15, 0.2) is 24.3 Å². The minimum Gasteiger partial charge on any atom is -0.497 e. The highest BCUT2D eigenvalue weighted by Gasteiger charge is 2.10. The average molecular weight is 265 g/mol. The maximum Gasteiger partial charge on any atom is 0.303 e. The zero-order valence-corrected chi connectivity index (χ0v) is 11.3. The van der Waals surface area contributed by atoms with Crippen LogP contribution >= 0.6 is 0 Å². The van der Waals surface area contributed by atoms with Crippen LogP contribution in [0.5, 0.6) is 5.75 Å². The van der Waals surface area contributed by atoms with E-state index in [1.54, 1.807) is 19.1 Å². The van der Waals surface area contributed by atoms with Crippen LogP contribution in [-0.2, 0) is 16.0 Å². The normalized spacial score (nSPS) is 10.0. The molecular weight excluding hydrogens is 246 g/mol. The first-order chi connectivity index (χ1) is 9.02. The van der Waals surface area contributed by atoms with E-state index < -0.39 is 5.97 Å². The van der Waals surface area contributed by atoms with Crippen molar-refractivity contribution >= 4 is 11.9 Å². The van der Waals surface area contributed by atoms with Crippen LogP contribution in [0.4, 0.5) is 0 Å². The van der Waals surface area contributed by atoms with E-state index in [0.717, 1.165) is 11.3 Å². The smallest absolute Gasteiger partial charge is 0.303 e. The lowest BCUT2D eigenvalue weighted by atomic mass is 10.1. The number of carbonyl (C=O) groups is 2. The van der Waals surface area contributed by atoms with Gasteiger partial charge in [0.05, 0.1) is 13.5 Å². The number of hydrogen-bond acceptors (Lipinski definition) is 3. The van der Waals surface area contributed by atoms with Gasteiger partial charge < -0.3 is 14.7 Å². The van der Waals surface area contributed by atoms with E-state index in [1.165, 1.54) is 0 Å². The Morgan fingerprint density at radius 2 is 1.89 bits per heavy atom. The molecule has 19 heavy (non-hydrogen) atoms. The summed E-state index contributed by atoms with van der Waals surface area (Å²) >= 11 is 0. The summed E-state index contributed by atoms with van der Waals surface area (Å²) in [6.07, 6.45) is 0.869. The van der Waals surface area contributed by atoms with Gasteiger partial charge in [-0.25, -0.2) is 0 Å². The predicted octanol–water partition coefficient (Wildman–Crippen LogP) is 1.56. The summed E-state index contributed by atoms with van der Waals surface area (Å²) in [5.74, 6) is -0.0995. The van der Waals surface area contributed by atoms with Gasteiger partial charge in [0.25, 0.3) is 0 Å². The monoisotopic (exact) mass is 265 g/mol. The summed E-state index contributed by atoms with van der Waals surface area (Å²) in [5.41, 5.74) is 0.913. The molecule has 0 aliphatic rings. The molecule has 1 aromatic rings. The molecular formula is C14H19NO4. The second-order valence-corrected chi connectivity index (χ2v) is 4.34. The Balaban J connectivity index is 2.42. The minimum atomic E-state index is -0.837. The number of carboxylic acids is 1. The van der Waals surface area contributed by atoms with Gasteiger partial charge in [-0.15, -0.1) is 0 Å². The first-order valence-corrected chi connectivity index (χ1v) is 6.11. The SMILES string of the molecule is COc1ccc(CC(=O)N(C)CCCC(=O)O)cc1. The van der Waals surface area contributed by atoms with E-state index in [1.807, 2.05) is 24.3 Å². The second-order valence-electron chi connectivity index (χ2n) is 4.34. The van der Waals surface area contributed by atoms with Gasteiger partial charge in [0.1, 0.15) is 5.75 Å². The Morgan fingerprint density at radius 1 is 1.26 bits per heavy atom. The van der Waals surface area contributed by atoms with Crippen molar-refractivity contribution in [1.29, 1.82) is 0 Å². The predicted molar refractivity (Wildman–Crippen MR) is 71.2 cm³/mol. The van der Waals surface area contributed by atoms with Gasteiger partial charge in [-0.2, -0.15) is 0 Å². The average Bonchev–Trinajstić information content (AvgIpc) is 2.39. The molecule has 0 fully saturated rings. The number of methoxy groups -OCH3 is 1. The lowest BCUT2D eigenvalue weighted by Gasteiger charge is -2.16. The standard InChI is InChI=1S/C14H19NO4/c1-15(9-3-4-14(17)18)13(16)10-11-5-7-12(19-2)8-6-11/h5-8H,3-4,9-10H2,1-2H3,(H,17,18). The Hall–Kier alpha value is -2.04. The Bertz CT molecular complexity index is 428. The van der Waals surface area contributed by atoms with Crippen LogP contribution in [0.25, 0.3) is 0 Å². The summed E-state index contributed by atoms with van der Waals surface area (Å²) in [6.45, 7) is 0.460. The molecule has 0 heterocycles. The highest BCUT2D eigenvalue weighted by molar-refractivity contribution is 5.78. The topological polar surface area (TPSA) is 66.8 Å². The molecule has 5 nitrogen and oxygen atoms in total. The summed E-state index contributed by atoms with van der Waals surface area (Å²) in [6, 6.07) is 7.32. The van der Waals surface area contributed by atoms with Crippen LogP contribution in [0.1, 0.15) is 18.4 Å². The van der Waals surface area contributed by atoms with Crippen molar-refractivity contribution in [3.05, 3.63) is 29.8 Å². The van der Waals surface area contributed by atoms with Crippen LogP contribution in [-0.4, -0.2) is 42.6 Å². The Kier molecular flexibility index (Phi) is 5.85. The van der Waals surface area contributed by atoms with E-state index >= 15 is 0 Å². The molecule has 1 aromatic carbocycles. The molecule has 0 aromatic heterocycles. The number of carbonyl (C=O) groups excluding carboxylic acids is 1. The molecule has 0 aliphatic carbocycles. The van der Waals surface area contributed by atoms with Gasteiger partial charge >= 0.3 is 5.97 Å². The summed E-state index contributed by atoms with van der Waals surface area (Å²) in [7, 11) is 3.28. The maximum absolute atomic E-state index is 11.9. The molecule has 0 spiro atoms. The summed E-state index contributed by atoms with van der Waals surface area (Å²) < 4.78 is 5.05. The third-order valence-electron chi connectivity index (χ3n) is 2.82. The van der Waals surface area contributed by atoms with Crippen LogP contribution in [0, 0.1) is 0 Å². The van der Waals surface area contributed by atoms with Crippen molar-refractivity contribution in [2.45, 2.75) is 19.3 Å². The summed E-state index contributed by atoms with van der Waals surface area (Å²) in [4.78, 5) is 23.8. The van der Waals surface area contributed by atoms with Crippen LogP contribution in [0.2, 0.25) is 0 Å². The molecule has 5 heteroatoms. The van der Waals surface area contributed by atoms with E-state index in [-0.39, 0.29) is 12.3 Å². The van der Waals surface area contributed by atoms with Gasteiger partial charge in [-0.05, 0) is 24.1 Å². The van der Waals surface area contributed by atoms with Crippen LogP contribution < -0.4 is 4.74 Å². The molecule has 0 unspecified atom stereocenters. The fraction of sp³-hybridized carbons (Fsp3) is 0.429. The number of carboxylic acid groups (broad SMARTS) is 1. The Labute approximate surface area is 112 Å². The van der Waals surface area contributed by atoms with Crippen molar-refractivity contribution in [2.24, 2.45) is 0 Å². The number of amides is 1. The van der Waals surface area contributed by atoms with Crippen molar-refractivity contribution in [3.8, 4) is 5.75 Å². The number of ether oxygens (including phenoxy) is 1. The van der Waals surface area contributed by atoms with Gasteiger partial charge in [-0.1, -0.05) is 12.1 Å². The van der Waals surface area contributed by atoms with Gasteiger partial charge in [0.15, 0.2) is 0 Å². The fourth-order valence-electron chi connectivity index (χ4n) is 1.65. The quantitative estimate of drug-likeness (QED) is 0.812. The third kappa shape index (κ3) is 5.42. The number of nitrogens with zero attached hydrogens (tertiary/aromatic N) is 1. The molecule has 104 valence electrons. The molecule has 0 aliphatic heterocycles. The molecule has 0 saturated heterocycles. The van der Waals surface area contributed by atoms with Crippen molar-refractivity contribution in [2.75, 3.05) is 20.7 Å². The molecule has 1 amide bonds. The van der Waals surface area contributed by atoms with Gasteiger partial charge in [0.2, 0.25) is 5.91 Å². The third-order valence-corrected chi connectivity index (χ3v) is 2.82. The molecule has 0 bridgehead atoms. The Morgan fingerprint density at radius 3 is 2.42 bits per heavy atom. The first-order valence-electron chi connectivity index (χ1n) is 6.11. The number of likely N-dealkylation sites (N-methyl/N-ethyl adjacent to an activating group) is 1. The first kappa shape index (κ1) is 15.0. The zero-order valence-electron chi connectivity index (χ0n) is 11.3. The zero-order chi connectivity index (χ0) is 14.3. The molecule has 0 saturated carbocycles. The van der Waals surface area contributed by atoms with Gasteiger partial charge in [0, 0.05) is 20.0 Å². The molecule has 1 rings (SSSR count). The highest BCUT2D eigenvalue weighted by Crippen LogP contribution is 2.12. The van der Waals surface area contributed by atoms with E-state index in [0.29, 0.717) is 19.4 Å². The minimum absolute atomic E-state index is 0.0180. The van der Waals surface area contributed by atoms with E-state index in [9.17, 15) is 9.59 Å². The number of benzene rings is 1. The molecule has 1 N–H and O–H groups in total. The number of aliphatic carboxylic acids is 1. The fourth-order valence-corrected chi connectivity index (χ4v) is 1.65. The summed E-state index contributed by atoms with van der Waals surface area (Å²) in [5, 5.41) is 8.53. The lowest BCUT2D eigenvalue weighted by Crippen LogP contribution is -2.29. The van der Waals surface area contributed by atoms with Crippen molar-refractivity contribution in [3.63, 3.8) is 0 Å².